The maximum absolute atomic E-state index is 12.7. The zero-order chi connectivity index (χ0) is 14.8. The average molecular weight is 285 g/mol. The molecule has 1 N–H and O–H groups in total. The zero-order valence-electron chi connectivity index (χ0n) is 12.0. The van der Waals surface area contributed by atoms with Crippen molar-refractivity contribution in [2.75, 3.05) is 0 Å². The summed E-state index contributed by atoms with van der Waals surface area (Å²) in [4.78, 5) is 0. The lowest BCUT2D eigenvalue weighted by Gasteiger charge is -2.30. The molecule has 1 aromatic carbocycles. The van der Waals surface area contributed by atoms with Gasteiger partial charge in [-0.1, -0.05) is 31.9 Å². The van der Waals surface area contributed by atoms with Gasteiger partial charge >= 0.3 is 6.18 Å². The third-order valence-corrected chi connectivity index (χ3v) is 4.14. The van der Waals surface area contributed by atoms with E-state index >= 15 is 0 Å². The number of nitrogens with one attached hydrogen (secondary N) is 1. The quantitative estimate of drug-likeness (QED) is 0.830. The summed E-state index contributed by atoms with van der Waals surface area (Å²) in [5, 5.41) is 3.48. The van der Waals surface area contributed by atoms with Gasteiger partial charge in [0.15, 0.2) is 0 Å². The van der Waals surface area contributed by atoms with Gasteiger partial charge in [-0.3, -0.25) is 0 Å². The average Bonchev–Trinajstić information content (AvgIpc) is 2.38. The van der Waals surface area contributed by atoms with Crippen molar-refractivity contribution < 1.29 is 13.2 Å². The first-order chi connectivity index (χ1) is 9.36. The molecule has 4 heteroatoms. The number of rotatable bonds is 3. The molecular weight excluding hydrogens is 263 g/mol. The molecular formula is C16H22F3N. The van der Waals surface area contributed by atoms with E-state index in [0.717, 1.165) is 18.9 Å². The molecule has 1 aliphatic carbocycles. The van der Waals surface area contributed by atoms with E-state index in [9.17, 15) is 13.2 Å². The van der Waals surface area contributed by atoms with Gasteiger partial charge in [0.05, 0.1) is 5.56 Å². The van der Waals surface area contributed by atoms with E-state index in [4.69, 9.17) is 0 Å². The van der Waals surface area contributed by atoms with Gasteiger partial charge in [-0.15, -0.1) is 0 Å². The third kappa shape index (κ3) is 3.98. The van der Waals surface area contributed by atoms with Crippen LogP contribution in [-0.4, -0.2) is 6.04 Å². The number of hydrogen-bond acceptors (Lipinski definition) is 1. The van der Waals surface area contributed by atoms with E-state index in [1.165, 1.54) is 25.0 Å². The molecule has 0 bridgehead atoms. The SMILES string of the molecule is CC1CCCC(NC(C)c2cccc(C(F)(F)F)c2)C1. The van der Waals surface area contributed by atoms with Gasteiger partial charge in [-0.2, -0.15) is 13.2 Å². The molecule has 20 heavy (non-hydrogen) atoms. The molecule has 0 saturated heterocycles. The Labute approximate surface area is 118 Å². The van der Waals surface area contributed by atoms with Crippen LogP contribution in [0.5, 0.6) is 0 Å². The summed E-state index contributed by atoms with van der Waals surface area (Å²) in [5.41, 5.74) is 0.138. The third-order valence-electron chi connectivity index (χ3n) is 4.14. The molecule has 3 atom stereocenters. The van der Waals surface area contributed by atoms with Crippen LogP contribution in [0.15, 0.2) is 24.3 Å². The van der Waals surface area contributed by atoms with Gasteiger partial charge in [-0.25, -0.2) is 0 Å². The van der Waals surface area contributed by atoms with Crippen molar-refractivity contribution in [1.82, 2.24) is 5.32 Å². The minimum Gasteiger partial charge on any atom is -0.307 e. The molecule has 1 nitrogen and oxygen atoms in total. The molecule has 1 aliphatic rings. The minimum absolute atomic E-state index is 0.0485. The van der Waals surface area contributed by atoms with E-state index in [0.29, 0.717) is 17.5 Å². The molecule has 1 saturated carbocycles. The van der Waals surface area contributed by atoms with Crippen molar-refractivity contribution in [2.24, 2.45) is 5.92 Å². The molecule has 0 heterocycles. The monoisotopic (exact) mass is 285 g/mol. The molecule has 0 spiro atoms. The first-order valence-corrected chi connectivity index (χ1v) is 7.29. The van der Waals surface area contributed by atoms with Crippen molar-refractivity contribution >= 4 is 0 Å². The van der Waals surface area contributed by atoms with E-state index in [1.54, 1.807) is 6.07 Å². The van der Waals surface area contributed by atoms with Crippen LogP contribution in [0.4, 0.5) is 13.2 Å². The molecule has 3 unspecified atom stereocenters. The summed E-state index contributed by atoms with van der Waals surface area (Å²) in [6.07, 6.45) is 0.427. The maximum Gasteiger partial charge on any atom is 0.416 e. The summed E-state index contributed by atoms with van der Waals surface area (Å²) in [5.74, 6) is 0.704. The highest BCUT2D eigenvalue weighted by atomic mass is 19.4. The first kappa shape index (κ1) is 15.4. The Hall–Kier alpha value is -1.03. The molecule has 0 aliphatic heterocycles. The minimum atomic E-state index is -4.27. The van der Waals surface area contributed by atoms with Gasteiger partial charge in [-0.05, 0) is 43.4 Å². The Bertz CT molecular complexity index is 442. The summed E-state index contributed by atoms with van der Waals surface area (Å²) < 4.78 is 38.2. The second kappa shape index (κ2) is 6.17. The largest absolute Gasteiger partial charge is 0.416 e. The fourth-order valence-corrected chi connectivity index (χ4v) is 3.02. The van der Waals surface area contributed by atoms with Gasteiger partial charge in [0.25, 0.3) is 0 Å². The number of halogens is 3. The summed E-state index contributed by atoms with van der Waals surface area (Å²) >= 11 is 0. The van der Waals surface area contributed by atoms with E-state index in [1.807, 2.05) is 6.92 Å². The van der Waals surface area contributed by atoms with Crippen LogP contribution in [0.3, 0.4) is 0 Å². The topological polar surface area (TPSA) is 12.0 Å². The Kier molecular flexibility index (Phi) is 4.74. The predicted octanol–water partition coefficient (Wildman–Crippen LogP) is 4.93. The molecule has 112 valence electrons. The normalized spacial score (nSPS) is 25.4. The second-order valence-corrected chi connectivity index (χ2v) is 5.98. The highest BCUT2D eigenvalue weighted by molar-refractivity contribution is 5.27. The summed E-state index contributed by atoms with van der Waals surface area (Å²) in [7, 11) is 0. The van der Waals surface area contributed by atoms with Crippen molar-refractivity contribution in [3.05, 3.63) is 35.4 Å². The van der Waals surface area contributed by atoms with Crippen molar-refractivity contribution in [2.45, 2.75) is 57.8 Å². The lowest BCUT2D eigenvalue weighted by atomic mass is 9.86. The fourth-order valence-electron chi connectivity index (χ4n) is 3.02. The Morgan fingerprint density at radius 3 is 2.65 bits per heavy atom. The van der Waals surface area contributed by atoms with Crippen molar-refractivity contribution in [1.29, 1.82) is 0 Å². The van der Waals surface area contributed by atoms with E-state index in [2.05, 4.69) is 12.2 Å². The standard InChI is InChI=1S/C16H22F3N/c1-11-5-3-8-15(9-11)20-12(2)13-6-4-7-14(10-13)16(17,18)19/h4,6-7,10-12,15,20H,3,5,8-9H2,1-2H3. The molecule has 0 amide bonds. The lowest BCUT2D eigenvalue weighted by Crippen LogP contribution is -2.35. The van der Waals surface area contributed by atoms with Gasteiger partial charge < -0.3 is 5.32 Å². The first-order valence-electron chi connectivity index (χ1n) is 7.29. The van der Waals surface area contributed by atoms with Crippen LogP contribution in [0, 0.1) is 5.92 Å². The molecule has 0 radical (unpaired) electrons. The van der Waals surface area contributed by atoms with Crippen molar-refractivity contribution in [3.8, 4) is 0 Å². The summed E-state index contributed by atoms with van der Waals surface area (Å²) in [6, 6.07) is 6.00. The Morgan fingerprint density at radius 1 is 1.25 bits per heavy atom. The highest BCUT2D eigenvalue weighted by Gasteiger charge is 2.31. The molecule has 1 aromatic rings. The predicted molar refractivity (Wildman–Crippen MR) is 74.4 cm³/mol. The van der Waals surface area contributed by atoms with Gasteiger partial charge in [0, 0.05) is 12.1 Å². The second-order valence-electron chi connectivity index (χ2n) is 5.98. The van der Waals surface area contributed by atoms with Crippen LogP contribution in [0.25, 0.3) is 0 Å². The van der Waals surface area contributed by atoms with E-state index < -0.39 is 11.7 Å². The van der Waals surface area contributed by atoms with E-state index in [-0.39, 0.29) is 6.04 Å². The maximum atomic E-state index is 12.7. The number of hydrogen-bond donors (Lipinski definition) is 1. The highest BCUT2D eigenvalue weighted by Crippen LogP contribution is 2.31. The zero-order valence-corrected chi connectivity index (χ0v) is 12.0. The van der Waals surface area contributed by atoms with Gasteiger partial charge in [0.1, 0.15) is 0 Å². The fraction of sp³-hybridized carbons (Fsp3) is 0.625. The lowest BCUT2D eigenvalue weighted by molar-refractivity contribution is -0.137. The van der Waals surface area contributed by atoms with Gasteiger partial charge in [0.2, 0.25) is 0 Å². The smallest absolute Gasteiger partial charge is 0.307 e. The van der Waals surface area contributed by atoms with Crippen molar-refractivity contribution in [3.63, 3.8) is 0 Å². The van der Waals surface area contributed by atoms with Crippen LogP contribution in [0.2, 0.25) is 0 Å². The molecule has 0 aromatic heterocycles. The Balaban J connectivity index is 2.03. The number of alkyl halides is 3. The Morgan fingerprint density at radius 2 is 2.00 bits per heavy atom. The molecule has 2 rings (SSSR count). The van der Waals surface area contributed by atoms with Crippen LogP contribution >= 0.6 is 0 Å². The van der Waals surface area contributed by atoms with Crippen LogP contribution in [-0.2, 0) is 6.18 Å². The summed E-state index contributed by atoms with van der Waals surface area (Å²) in [6.45, 7) is 4.18. The molecule has 1 fully saturated rings. The van der Waals surface area contributed by atoms with Crippen LogP contribution < -0.4 is 5.32 Å². The number of benzene rings is 1. The van der Waals surface area contributed by atoms with Crippen LogP contribution in [0.1, 0.15) is 56.7 Å².